The quantitative estimate of drug-likeness (QED) is 0.902. The molecule has 84 valence electrons. The van der Waals surface area contributed by atoms with Crippen LogP contribution in [0.5, 0.6) is 0 Å². The van der Waals surface area contributed by atoms with Gasteiger partial charge >= 0.3 is 0 Å². The fraction of sp³-hybridized carbons (Fsp3) is 0.636. The van der Waals surface area contributed by atoms with Crippen LogP contribution in [-0.4, -0.2) is 18.3 Å². The van der Waals surface area contributed by atoms with Crippen LogP contribution in [0.25, 0.3) is 0 Å². The van der Waals surface area contributed by atoms with Crippen LogP contribution in [0.15, 0.2) is 21.2 Å². The Balaban J connectivity index is 2.34. The van der Waals surface area contributed by atoms with Gasteiger partial charge in [0.25, 0.3) is 0 Å². The third kappa shape index (κ3) is 1.86. The lowest BCUT2D eigenvalue weighted by Gasteiger charge is -2.37. The van der Waals surface area contributed by atoms with Crippen LogP contribution in [-0.2, 0) is 10.3 Å². The standard InChI is InChI=1S/C11H15BrO3/c1-14-9-4-2-3-6-11(9,13)10-8(12)5-7-15-10/h5,7,9,13H,2-4,6H2,1H3. The number of hydrogen-bond acceptors (Lipinski definition) is 3. The first kappa shape index (κ1) is 11.2. The molecular formula is C11H15BrO3. The van der Waals surface area contributed by atoms with Gasteiger partial charge in [-0.3, -0.25) is 0 Å². The molecule has 1 N–H and O–H groups in total. The summed E-state index contributed by atoms with van der Waals surface area (Å²) in [5, 5.41) is 10.6. The number of hydrogen-bond donors (Lipinski definition) is 1. The summed E-state index contributed by atoms with van der Waals surface area (Å²) < 4.78 is 11.5. The van der Waals surface area contributed by atoms with Crippen molar-refractivity contribution < 1.29 is 14.3 Å². The first-order valence-corrected chi connectivity index (χ1v) is 5.96. The van der Waals surface area contributed by atoms with Gasteiger partial charge in [0.05, 0.1) is 16.8 Å². The molecule has 1 aliphatic rings. The molecule has 1 saturated carbocycles. The van der Waals surface area contributed by atoms with E-state index in [2.05, 4.69) is 15.9 Å². The molecule has 2 rings (SSSR count). The van der Waals surface area contributed by atoms with Crippen molar-refractivity contribution in [2.75, 3.05) is 7.11 Å². The van der Waals surface area contributed by atoms with Crippen molar-refractivity contribution in [1.29, 1.82) is 0 Å². The summed E-state index contributed by atoms with van der Waals surface area (Å²) in [6.45, 7) is 0. The zero-order chi connectivity index (χ0) is 10.9. The Morgan fingerprint density at radius 2 is 2.40 bits per heavy atom. The van der Waals surface area contributed by atoms with Crippen molar-refractivity contribution in [3.05, 3.63) is 22.6 Å². The van der Waals surface area contributed by atoms with Crippen molar-refractivity contribution in [3.63, 3.8) is 0 Å². The van der Waals surface area contributed by atoms with Crippen LogP contribution < -0.4 is 0 Å². The average molecular weight is 275 g/mol. The third-order valence-corrected chi connectivity index (χ3v) is 3.73. The highest BCUT2D eigenvalue weighted by Crippen LogP contribution is 2.41. The van der Waals surface area contributed by atoms with Gasteiger partial charge in [-0.2, -0.15) is 0 Å². The fourth-order valence-electron chi connectivity index (χ4n) is 2.30. The van der Waals surface area contributed by atoms with E-state index in [0.29, 0.717) is 12.2 Å². The van der Waals surface area contributed by atoms with Crippen molar-refractivity contribution >= 4 is 15.9 Å². The maximum Gasteiger partial charge on any atom is 0.152 e. The molecule has 0 aliphatic heterocycles. The minimum absolute atomic E-state index is 0.172. The molecule has 2 atom stereocenters. The van der Waals surface area contributed by atoms with Crippen LogP contribution in [0.2, 0.25) is 0 Å². The van der Waals surface area contributed by atoms with Crippen molar-refractivity contribution in [2.45, 2.75) is 37.4 Å². The number of methoxy groups -OCH3 is 1. The molecule has 1 aromatic rings. The molecule has 4 heteroatoms. The number of aliphatic hydroxyl groups is 1. The molecule has 1 heterocycles. The molecule has 0 spiro atoms. The Labute approximate surface area is 97.5 Å². The lowest BCUT2D eigenvalue weighted by atomic mass is 9.80. The molecule has 1 aliphatic carbocycles. The molecule has 0 bridgehead atoms. The minimum atomic E-state index is -0.977. The number of ether oxygens (including phenoxy) is 1. The normalized spacial score (nSPS) is 31.8. The Morgan fingerprint density at radius 3 is 3.00 bits per heavy atom. The van der Waals surface area contributed by atoms with Gasteiger partial charge in [-0.15, -0.1) is 0 Å². The zero-order valence-corrected chi connectivity index (χ0v) is 10.3. The van der Waals surface area contributed by atoms with Gasteiger partial charge in [0.15, 0.2) is 5.76 Å². The molecule has 0 saturated heterocycles. The predicted molar refractivity (Wildman–Crippen MR) is 59.6 cm³/mol. The SMILES string of the molecule is COC1CCCCC1(O)c1occc1Br. The highest BCUT2D eigenvalue weighted by Gasteiger charge is 2.44. The lowest BCUT2D eigenvalue weighted by molar-refractivity contribution is -0.133. The molecule has 1 aromatic heterocycles. The van der Waals surface area contributed by atoms with E-state index in [1.807, 2.05) is 0 Å². The third-order valence-electron chi connectivity index (χ3n) is 3.10. The smallest absolute Gasteiger partial charge is 0.152 e. The number of halogens is 1. The van der Waals surface area contributed by atoms with Crippen molar-refractivity contribution in [3.8, 4) is 0 Å². The summed E-state index contributed by atoms with van der Waals surface area (Å²) in [4.78, 5) is 0. The summed E-state index contributed by atoms with van der Waals surface area (Å²) in [6, 6.07) is 1.80. The highest BCUT2D eigenvalue weighted by atomic mass is 79.9. The van der Waals surface area contributed by atoms with E-state index in [-0.39, 0.29) is 6.10 Å². The molecule has 2 unspecified atom stereocenters. The second kappa shape index (κ2) is 4.28. The van der Waals surface area contributed by atoms with Gasteiger partial charge in [0.1, 0.15) is 5.60 Å². The van der Waals surface area contributed by atoms with E-state index in [9.17, 15) is 5.11 Å². The summed E-state index contributed by atoms with van der Waals surface area (Å²) in [5.74, 6) is 0.592. The highest BCUT2D eigenvalue weighted by molar-refractivity contribution is 9.10. The number of furan rings is 1. The summed E-state index contributed by atoms with van der Waals surface area (Å²) in [7, 11) is 1.64. The van der Waals surface area contributed by atoms with Gasteiger partial charge in [0, 0.05) is 7.11 Å². The van der Waals surface area contributed by atoms with Gasteiger partial charge in [-0.05, 0) is 41.3 Å². The maximum atomic E-state index is 10.6. The largest absolute Gasteiger partial charge is 0.465 e. The second-order valence-corrected chi connectivity index (χ2v) is 4.85. The first-order valence-electron chi connectivity index (χ1n) is 5.17. The molecular weight excluding hydrogens is 260 g/mol. The van der Waals surface area contributed by atoms with Gasteiger partial charge < -0.3 is 14.3 Å². The Morgan fingerprint density at radius 1 is 1.60 bits per heavy atom. The average Bonchev–Trinajstić information content (AvgIpc) is 2.66. The van der Waals surface area contributed by atoms with Crippen LogP contribution in [0.4, 0.5) is 0 Å². The fourth-order valence-corrected chi connectivity index (χ4v) is 2.84. The van der Waals surface area contributed by atoms with Crippen LogP contribution in [0, 0.1) is 0 Å². The Bertz CT molecular complexity index is 336. The predicted octanol–water partition coefficient (Wildman–Crippen LogP) is 2.82. The first-order chi connectivity index (χ1) is 7.18. The molecule has 1 fully saturated rings. The van der Waals surface area contributed by atoms with E-state index in [1.165, 1.54) is 0 Å². The molecule has 0 radical (unpaired) electrons. The van der Waals surface area contributed by atoms with Crippen LogP contribution in [0.1, 0.15) is 31.4 Å². The Hall–Kier alpha value is -0.320. The van der Waals surface area contributed by atoms with E-state index in [1.54, 1.807) is 19.4 Å². The zero-order valence-electron chi connectivity index (χ0n) is 8.70. The second-order valence-electron chi connectivity index (χ2n) is 3.99. The van der Waals surface area contributed by atoms with Gasteiger partial charge in [-0.1, -0.05) is 6.42 Å². The van der Waals surface area contributed by atoms with Gasteiger partial charge in [-0.25, -0.2) is 0 Å². The summed E-state index contributed by atoms with van der Waals surface area (Å²) in [6.07, 6.45) is 5.08. The molecule has 3 nitrogen and oxygen atoms in total. The van der Waals surface area contributed by atoms with E-state index in [4.69, 9.17) is 9.15 Å². The van der Waals surface area contributed by atoms with Crippen molar-refractivity contribution in [2.24, 2.45) is 0 Å². The Kier molecular flexibility index (Phi) is 3.19. The number of rotatable bonds is 2. The molecule has 15 heavy (non-hydrogen) atoms. The molecule has 0 aromatic carbocycles. The summed E-state index contributed by atoms with van der Waals surface area (Å²) >= 11 is 3.38. The van der Waals surface area contributed by atoms with E-state index < -0.39 is 5.60 Å². The van der Waals surface area contributed by atoms with Crippen LogP contribution in [0.3, 0.4) is 0 Å². The topological polar surface area (TPSA) is 42.6 Å². The van der Waals surface area contributed by atoms with E-state index >= 15 is 0 Å². The van der Waals surface area contributed by atoms with E-state index in [0.717, 1.165) is 23.7 Å². The summed E-state index contributed by atoms with van der Waals surface area (Å²) in [5.41, 5.74) is -0.977. The van der Waals surface area contributed by atoms with Crippen molar-refractivity contribution in [1.82, 2.24) is 0 Å². The lowest BCUT2D eigenvalue weighted by Crippen LogP contribution is -2.43. The van der Waals surface area contributed by atoms with Crippen LogP contribution >= 0.6 is 15.9 Å². The molecule has 0 amide bonds. The monoisotopic (exact) mass is 274 g/mol. The maximum absolute atomic E-state index is 10.6. The minimum Gasteiger partial charge on any atom is -0.465 e. The van der Waals surface area contributed by atoms with Gasteiger partial charge in [0.2, 0.25) is 0 Å².